The summed E-state index contributed by atoms with van der Waals surface area (Å²) in [6.07, 6.45) is 5.52. The summed E-state index contributed by atoms with van der Waals surface area (Å²) in [6, 6.07) is 5.82. The number of nitrogens with one attached hydrogen (secondary N) is 1. The Labute approximate surface area is 171 Å². The van der Waals surface area contributed by atoms with Crippen molar-refractivity contribution in [3.8, 4) is 5.88 Å². The Bertz CT molecular complexity index is 800. The molecule has 1 N–H and O–H groups in total. The Kier molecular flexibility index (Phi) is 7.39. The third-order valence-electron chi connectivity index (χ3n) is 4.98. The Morgan fingerprint density at radius 2 is 2.07 bits per heavy atom. The van der Waals surface area contributed by atoms with E-state index in [2.05, 4.69) is 33.0 Å². The predicted molar refractivity (Wildman–Crippen MR) is 113 cm³/mol. The van der Waals surface area contributed by atoms with Gasteiger partial charge in [-0.2, -0.15) is 0 Å². The molecule has 0 bridgehead atoms. The fourth-order valence-corrected chi connectivity index (χ4v) is 4.62. The van der Waals surface area contributed by atoms with E-state index in [0.29, 0.717) is 24.7 Å². The van der Waals surface area contributed by atoms with Crippen molar-refractivity contribution in [2.75, 3.05) is 19.7 Å². The van der Waals surface area contributed by atoms with Crippen LogP contribution < -0.4 is 10.1 Å². The van der Waals surface area contributed by atoms with Gasteiger partial charge in [0.05, 0.1) is 6.61 Å². The molecule has 0 aliphatic carbocycles. The van der Waals surface area contributed by atoms with E-state index in [0.717, 1.165) is 30.9 Å². The number of carbonyl (C=O) groups is 1. The number of hydrogen-bond acceptors (Lipinski definition) is 5. The Balaban J connectivity index is 1.71. The van der Waals surface area contributed by atoms with Gasteiger partial charge in [0.15, 0.2) is 0 Å². The van der Waals surface area contributed by atoms with Gasteiger partial charge < -0.3 is 14.6 Å². The van der Waals surface area contributed by atoms with E-state index in [1.54, 1.807) is 18.1 Å². The number of piperidine rings is 1. The van der Waals surface area contributed by atoms with E-state index in [-0.39, 0.29) is 5.91 Å². The zero-order valence-electron chi connectivity index (χ0n) is 17.0. The van der Waals surface area contributed by atoms with Gasteiger partial charge in [-0.05, 0) is 57.7 Å². The summed E-state index contributed by atoms with van der Waals surface area (Å²) in [5.74, 6) is 0.510. The standard InChI is InChI=1S/C21H30N4O2S/c1-4-25-16(3)19(28-24-12-7-6-8-13-24)14-18(25)20(26)23-15-17-10-9-11-22-21(17)27-5-2/h9-11,14H,4-8,12-13,15H2,1-3H3,(H,23,26). The van der Waals surface area contributed by atoms with Crippen LogP contribution in [0.2, 0.25) is 0 Å². The molecule has 0 unspecified atom stereocenters. The van der Waals surface area contributed by atoms with Crippen molar-refractivity contribution in [2.24, 2.45) is 0 Å². The van der Waals surface area contributed by atoms with Crippen LogP contribution in [-0.4, -0.2) is 39.5 Å². The second-order valence-electron chi connectivity index (χ2n) is 6.89. The SMILES string of the molecule is CCOc1ncccc1CNC(=O)c1cc(SN2CCCCC2)c(C)n1CC. The van der Waals surface area contributed by atoms with Gasteiger partial charge in [0, 0.05) is 48.5 Å². The van der Waals surface area contributed by atoms with Gasteiger partial charge in [-0.25, -0.2) is 9.29 Å². The molecular weight excluding hydrogens is 372 g/mol. The number of nitrogens with zero attached hydrogens (tertiary/aromatic N) is 3. The average molecular weight is 403 g/mol. The highest BCUT2D eigenvalue weighted by molar-refractivity contribution is 7.97. The number of ether oxygens (including phenoxy) is 1. The lowest BCUT2D eigenvalue weighted by molar-refractivity contribution is 0.0941. The molecule has 1 aliphatic rings. The molecule has 1 amide bonds. The molecule has 1 saturated heterocycles. The number of rotatable bonds is 8. The lowest BCUT2D eigenvalue weighted by Crippen LogP contribution is -2.26. The van der Waals surface area contributed by atoms with E-state index in [1.807, 2.05) is 25.1 Å². The molecule has 6 nitrogen and oxygen atoms in total. The molecule has 28 heavy (non-hydrogen) atoms. The summed E-state index contributed by atoms with van der Waals surface area (Å²) >= 11 is 1.78. The molecule has 0 saturated carbocycles. The highest BCUT2D eigenvalue weighted by Gasteiger charge is 2.20. The lowest BCUT2D eigenvalue weighted by atomic mass is 10.2. The van der Waals surface area contributed by atoms with Crippen molar-refractivity contribution in [3.05, 3.63) is 41.3 Å². The molecule has 3 rings (SSSR count). The normalized spacial score (nSPS) is 14.8. The topological polar surface area (TPSA) is 59.4 Å². The number of amides is 1. The van der Waals surface area contributed by atoms with Crippen LogP contribution >= 0.6 is 11.9 Å². The van der Waals surface area contributed by atoms with Crippen LogP contribution in [0.3, 0.4) is 0 Å². The van der Waals surface area contributed by atoms with Gasteiger partial charge in [0.25, 0.3) is 5.91 Å². The first-order chi connectivity index (χ1) is 13.6. The average Bonchev–Trinajstić information content (AvgIpc) is 3.03. The lowest BCUT2D eigenvalue weighted by Gasteiger charge is -2.24. The minimum absolute atomic E-state index is 0.0678. The van der Waals surface area contributed by atoms with Gasteiger partial charge in [-0.1, -0.05) is 12.5 Å². The Morgan fingerprint density at radius 1 is 1.29 bits per heavy atom. The zero-order valence-corrected chi connectivity index (χ0v) is 17.8. The van der Waals surface area contributed by atoms with Crippen LogP contribution in [0.1, 0.15) is 54.9 Å². The summed E-state index contributed by atoms with van der Waals surface area (Å²) < 4.78 is 10.1. The summed E-state index contributed by atoms with van der Waals surface area (Å²) in [4.78, 5) is 18.3. The van der Waals surface area contributed by atoms with E-state index < -0.39 is 0 Å². The van der Waals surface area contributed by atoms with Gasteiger partial charge >= 0.3 is 0 Å². The second-order valence-corrected chi connectivity index (χ2v) is 8.03. The van der Waals surface area contributed by atoms with Gasteiger partial charge in [-0.15, -0.1) is 0 Å². The molecule has 2 aromatic heterocycles. The first-order valence-corrected chi connectivity index (χ1v) is 10.9. The molecule has 3 heterocycles. The Morgan fingerprint density at radius 3 is 2.79 bits per heavy atom. The van der Waals surface area contributed by atoms with E-state index >= 15 is 0 Å². The van der Waals surface area contributed by atoms with Gasteiger partial charge in [0.1, 0.15) is 5.69 Å². The van der Waals surface area contributed by atoms with Crippen LogP contribution in [0.4, 0.5) is 0 Å². The number of pyridine rings is 1. The zero-order chi connectivity index (χ0) is 19.9. The van der Waals surface area contributed by atoms with E-state index in [4.69, 9.17) is 4.74 Å². The molecule has 1 aliphatic heterocycles. The minimum Gasteiger partial charge on any atom is -0.478 e. The highest BCUT2D eigenvalue weighted by atomic mass is 32.2. The van der Waals surface area contributed by atoms with Crippen molar-refractivity contribution in [1.29, 1.82) is 0 Å². The predicted octanol–water partition coefficient (Wildman–Crippen LogP) is 4.03. The van der Waals surface area contributed by atoms with Crippen molar-refractivity contribution < 1.29 is 9.53 Å². The molecular formula is C21H30N4O2S. The maximum Gasteiger partial charge on any atom is 0.268 e. The number of aromatic nitrogens is 2. The minimum atomic E-state index is -0.0678. The fraction of sp³-hybridized carbons (Fsp3) is 0.524. The molecule has 0 radical (unpaired) electrons. The van der Waals surface area contributed by atoms with Crippen LogP contribution in [0.5, 0.6) is 5.88 Å². The summed E-state index contributed by atoms with van der Waals surface area (Å²) in [5, 5.41) is 3.03. The molecule has 0 aromatic carbocycles. The monoisotopic (exact) mass is 402 g/mol. The van der Waals surface area contributed by atoms with Crippen molar-refractivity contribution in [2.45, 2.75) is 58.0 Å². The van der Waals surface area contributed by atoms with Gasteiger partial charge in [-0.3, -0.25) is 4.79 Å². The summed E-state index contributed by atoms with van der Waals surface area (Å²) in [5.41, 5.74) is 2.74. The number of hydrogen-bond donors (Lipinski definition) is 1. The molecule has 1 fully saturated rings. The molecule has 2 aromatic rings. The third kappa shape index (κ3) is 4.89. The maximum absolute atomic E-state index is 12.9. The van der Waals surface area contributed by atoms with E-state index in [1.165, 1.54) is 24.2 Å². The third-order valence-corrected chi connectivity index (χ3v) is 6.22. The molecule has 0 spiro atoms. The highest BCUT2D eigenvalue weighted by Crippen LogP contribution is 2.31. The quantitative estimate of drug-likeness (QED) is 0.676. The Hall–Kier alpha value is -1.99. The van der Waals surface area contributed by atoms with Crippen molar-refractivity contribution in [1.82, 2.24) is 19.2 Å². The smallest absolute Gasteiger partial charge is 0.268 e. The fourth-order valence-electron chi connectivity index (χ4n) is 3.49. The second kappa shape index (κ2) is 9.98. The van der Waals surface area contributed by atoms with Crippen molar-refractivity contribution >= 4 is 17.9 Å². The van der Waals surface area contributed by atoms with Crippen LogP contribution in [0.25, 0.3) is 0 Å². The molecule has 0 atom stereocenters. The van der Waals surface area contributed by atoms with Crippen LogP contribution in [0.15, 0.2) is 29.3 Å². The van der Waals surface area contributed by atoms with Crippen molar-refractivity contribution in [3.63, 3.8) is 0 Å². The maximum atomic E-state index is 12.9. The van der Waals surface area contributed by atoms with E-state index in [9.17, 15) is 4.79 Å². The first-order valence-electron chi connectivity index (χ1n) is 10.1. The summed E-state index contributed by atoms with van der Waals surface area (Å²) in [6.45, 7) is 10.0. The largest absolute Gasteiger partial charge is 0.478 e. The number of carbonyl (C=O) groups excluding carboxylic acids is 1. The molecule has 7 heteroatoms. The van der Waals surface area contributed by atoms with Gasteiger partial charge in [0.2, 0.25) is 5.88 Å². The first kappa shape index (κ1) is 20.7. The van der Waals surface area contributed by atoms with Crippen LogP contribution in [0, 0.1) is 6.92 Å². The summed E-state index contributed by atoms with van der Waals surface area (Å²) in [7, 11) is 0. The molecule has 152 valence electrons. The van der Waals surface area contributed by atoms with Crippen LogP contribution in [-0.2, 0) is 13.1 Å².